The van der Waals surface area contributed by atoms with Crippen molar-refractivity contribution in [2.45, 2.75) is 24.7 Å². The number of rotatable bonds is 5. The van der Waals surface area contributed by atoms with Gasteiger partial charge < -0.3 is 4.90 Å². The van der Waals surface area contributed by atoms with Gasteiger partial charge in [-0.3, -0.25) is 0 Å². The molecule has 0 aromatic heterocycles. The maximum atomic E-state index is 11.9. The molecule has 106 valence electrons. The fourth-order valence-corrected chi connectivity index (χ4v) is 4.02. The maximum absolute atomic E-state index is 11.9. The first-order valence-corrected chi connectivity index (χ1v) is 8.89. The van der Waals surface area contributed by atoms with Crippen molar-refractivity contribution < 1.29 is 8.42 Å². The molecular formula is C14H20ClNO2S. The molecule has 19 heavy (non-hydrogen) atoms. The Balaban J connectivity index is 2.11. The summed E-state index contributed by atoms with van der Waals surface area (Å²) < 4.78 is 23.9. The van der Waals surface area contributed by atoms with Crippen LogP contribution in [0.5, 0.6) is 0 Å². The molecule has 1 unspecified atom stereocenters. The van der Waals surface area contributed by atoms with Crippen LogP contribution in [0, 0.1) is 5.92 Å². The maximum Gasteiger partial charge on any atom is 0.178 e. The molecule has 0 amide bonds. The molecule has 0 bridgehead atoms. The molecule has 5 heteroatoms. The molecule has 0 aliphatic carbocycles. The Morgan fingerprint density at radius 2 is 2.00 bits per heavy atom. The molecule has 1 aliphatic heterocycles. The summed E-state index contributed by atoms with van der Waals surface area (Å²) in [5.74, 6) is 1.45. The van der Waals surface area contributed by atoms with E-state index in [1.807, 2.05) is 19.1 Å². The molecule has 0 radical (unpaired) electrons. The molecule has 1 aliphatic rings. The lowest BCUT2D eigenvalue weighted by atomic mass is 10.2. The highest BCUT2D eigenvalue weighted by Crippen LogP contribution is 2.25. The Bertz CT molecular complexity index is 513. The van der Waals surface area contributed by atoms with E-state index in [9.17, 15) is 8.42 Å². The highest BCUT2D eigenvalue weighted by molar-refractivity contribution is 7.91. The van der Waals surface area contributed by atoms with Crippen LogP contribution in [0.3, 0.4) is 0 Å². The van der Waals surface area contributed by atoms with Crippen LogP contribution >= 0.6 is 11.6 Å². The lowest BCUT2D eigenvalue weighted by molar-refractivity contribution is 0.594. The van der Waals surface area contributed by atoms with Crippen molar-refractivity contribution in [3.8, 4) is 0 Å². The summed E-state index contributed by atoms with van der Waals surface area (Å²) in [6.07, 6.45) is 1.76. The summed E-state index contributed by atoms with van der Waals surface area (Å²) in [5, 5.41) is 0. The Labute approximate surface area is 120 Å². The molecule has 1 aromatic rings. The van der Waals surface area contributed by atoms with E-state index >= 15 is 0 Å². The van der Waals surface area contributed by atoms with Crippen molar-refractivity contribution in [3.05, 3.63) is 24.3 Å². The van der Waals surface area contributed by atoms with Crippen LogP contribution in [0.2, 0.25) is 0 Å². The van der Waals surface area contributed by atoms with Gasteiger partial charge >= 0.3 is 0 Å². The molecule has 1 atom stereocenters. The molecule has 0 N–H and O–H groups in total. The minimum Gasteiger partial charge on any atom is -0.371 e. The number of alkyl halides is 1. The van der Waals surface area contributed by atoms with Gasteiger partial charge in [0.1, 0.15) is 0 Å². The molecule has 0 spiro atoms. The van der Waals surface area contributed by atoms with Gasteiger partial charge in [0, 0.05) is 24.7 Å². The van der Waals surface area contributed by atoms with Crippen molar-refractivity contribution in [3.63, 3.8) is 0 Å². The molecule has 0 saturated carbocycles. The zero-order valence-electron chi connectivity index (χ0n) is 11.2. The first-order chi connectivity index (χ1) is 9.06. The molecule has 1 aromatic carbocycles. The summed E-state index contributed by atoms with van der Waals surface area (Å²) in [7, 11) is -3.11. The average molecular weight is 302 g/mol. The predicted molar refractivity (Wildman–Crippen MR) is 79.8 cm³/mol. The quantitative estimate of drug-likeness (QED) is 0.785. The molecule has 1 saturated heterocycles. The first kappa shape index (κ1) is 14.7. The third-order valence-electron chi connectivity index (χ3n) is 3.54. The van der Waals surface area contributed by atoms with E-state index in [0.717, 1.165) is 25.2 Å². The van der Waals surface area contributed by atoms with E-state index in [1.54, 1.807) is 12.1 Å². The van der Waals surface area contributed by atoms with Gasteiger partial charge in [0.05, 0.1) is 10.6 Å². The molecular weight excluding hydrogens is 282 g/mol. The smallest absolute Gasteiger partial charge is 0.178 e. The molecule has 1 fully saturated rings. The standard InChI is InChI=1S/C14H20ClNO2S/c1-2-9-19(17,18)14-5-3-13(4-6-14)16-8-7-12(10-15)11-16/h3-6,12H,2,7-11H2,1H3. The van der Waals surface area contributed by atoms with E-state index < -0.39 is 9.84 Å². The highest BCUT2D eigenvalue weighted by Gasteiger charge is 2.22. The van der Waals surface area contributed by atoms with Crippen molar-refractivity contribution in [1.29, 1.82) is 0 Å². The van der Waals surface area contributed by atoms with Crippen LogP contribution in [0.1, 0.15) is 19.8 Å². The van der Waals surface area contributed by atoms with Crippen LogP contribution in [0.25, 0.3) is 0 Å². The summed E-state index contributed by atoms with van der Waals surface area (Å²) in [4.78, 5) is 2.69. The second-order valence-corrected chi connectivity index (χ2v) is 7.49. The van der Waals surface area contributed by atoms with Gasteiger partial charge in [0.2, 0.25) is 0 Å². The number of halogens is 1. The van der Waals surface area contributed by atoms with Crippen molar-refractivity contribution in [2.75, 3.05) is 29.6 Å². The number of anilines is 1. The lowest BCUT2D eigenvalue weighted by Crippen LogP contribution is -2.20. The minimum atomic E-state index is -3.11. The van der Waals surface area contributed by atoms with Crippen molar-refractivity contribution in [2.24, 2.45) is 5.92 Å². The van der Waals surface area contributed by atoms with Crippen molar-refractivity contribution in [1.82, 2.24) is 0 Å². The van der Waals surface area contributed by atoms with E-state index in [1.165, 1.54) is 0 Å². The van der Waals surface area contributed by atoms with E-state index in [4.69, 9.17) is 11.6 Å². The summed E-state index contributed by atoms with van der Waals surface area (Å²) in [5.41, 5.74) is 1.09. The largest absolute Gasteiger partial charge is 0.371 e. The van der Waals surface area contributed by atoms with Crippen LogP contribution < -0.4 is 4.90 Å². The van der Waals surface area contributed by atoms with Crippen LogP contribution in [-0.4, -0.2) is 33.1 Å². The number of sulfone groups is 1. The van der Waals surface area contributed by atoms with Crippen molar-refractivity contribution >= 4 is 27.1 Å². The van der Waals surface area contributed by atoms with E-state index in [0.29, 0.717) is 23.1 Å². The second kappa shape index (κ2) is 6.14. The van der Waals surface area contributed by atoms with Gasteiger partial charge in [-0.1, -0.05) is 6.92 Å². The normalized spacial score (nSPS) is 19.9. The first-order valence-electron chi connectivity index (χ1n) is 6.70. The highest BCUT2D eigenvalue weighted by atomic mass is 35.5. The Morgan fingerprint density at radius 1 is 1.32 bits per heavy atom. The zero-order valence-corrected chi connectivity index (χ0v) is 12.8. The van der Waals surface area contributed by atoms with Gasteiger partial charge in [-0.25, -0.2) is 8.42 Å². The lowest BCUT2D eigenvalue weighted by Gasteiger charge is -2.18. The van der Waals surface area contributed by atoms with Gasteiger partial charge in [0.25, 0.3) is 0 Å². The molecule has 3 nitrogen and oxygen atoms in total. The van der Waals surface area contributed by atoms with E-state index in [2.05, 4.69) is 4.90 Å². The summed E-state index contributed by atoms with van der Waals surface area (Å²) in [6, 6.07) is 7.24. The topological polar surface area (TPSA) is 37.4 Å². The van der Waals surface area contributed by atoms with Crippen LogP contribution in [0.15, 0.2) is 29.2 Å². The number of hydrogen-bond acceptors (Lipinski definition) is 3. The van der Waals surface area contributed by atoms with Gasteiger partial charge in [0.15, 0.2) is 9.84 Å². The Kier molecular flexibility index (Phi) is 4.74. The third-order valence-corrected chi connectivity index (χ3v) is 5.91. The summed E-state index contributed by atoms with van der Waals surface area (Å²) >= 11 is 5.87. The SMILES string of the molecule is CCCS(=O)(=O)c1ccc(N2CCC(CCl)C2)cc1. The van der Waals surface area contributed by atoms with Gasteiger partial charge in [-0.2, -0.15) is 0 Å². The number of hydrogen-bond donors (Lipinski definition) is 0. The summed E-state index contributed by atoms with van der Waals surface area (Å²) in [6.45, 7) is 3.84. The minimum absolute atomic E-state index is 0.213. The van der Waals surface area contributed by atoms with Crippen LogP contribution in [-0.2, 0) is 9.84 Å². The fraction of sp³-hybridized carbons (Fsp3) is 0.571. The predicted octanol–water partition coefficient (Wildman–Crippen LogP) is 2.94. The third kappa shape index (κ3) is 3.42. The monoisotopic (exact) mass is 301 g/mol. The zero-order chi connectivity index (χ0) is 13.9. The van der Waals surface area contributed by atoms with Crippen LogP contribution in [0.4, 0.5) is 5.69 Å². The Hall–Kier alpha value is -0.740. The van der Waals surface area contributed by atoms with Gasteiger partial charge in [-0.05, 0) is 43.0 Å². The van der Waals surface area contributed by atoms with Gasteiger partial charge in [-0.15, -0.1) is 11.6 Å². The second-order valence-electron chi connectivity index (χ2n) is 5.07. The number of benzene rings is 1. The Morgan fingerprint density at radius 3 is 2.53 bits per heavy atom. The molecule has 1 heterocycles. The van der Waals surface area contributed by atoms with E-state index in [-0.39, 0.29) is 5.75 Å². The number of nitrogens with zero attached hydrogens (tertiary/aromatic N) is 1. The molecule has 2 rings (SSSR count). The average Bonchev–Trinajstić information content (AvgIpc) is 2.87. The fourth-order valence-electron chi connectivity index (χ4n) is 2.44.